The first-order chi connectivity index (χ1) is 17.4. The summed E-state index contributed by atoms with van der Waals surface area (Å²) in [4.78, 5) is 44.4. The van der Waals surface area contributed by atoms with Crippen LogP contribution in [0, 0.1) is 6.92 Å². The Morgan fingerprint density at radius 1 is 1.08 bits per heavy atom. The Hall–Kier alpha value is -4.38. The van der Waals surface area contributed by atoms with Crippen LogP contribution in [0.3, 0.4) is 0 Å². The molecule has 0 radical (unpaired) electrons. The topological polar surface area (TPSA) is 128 Å². The number of likely N-dealkylation sites (N-methyl/N-ethyl adjacent to an activating group) is 1. The number of nitrogens with one attached hydrogen (secondary N) is 1. The van der Waals surface area contributed by atoms with Gasteiger partial charge in [-0.05, 0) is 38.6 Å². The number of amides is 1. The summed E-state index contributed by atoms with van der Waals surface area (Å²) in [7, 11) is 1.96. The van der Waals surface area contributed by atoms with Gasteiger partial charge in [0.05, 0.1) is 5.69 Å². The minimum absolute atomic E-state index is 0.126. The van der Waals surface area contributed by atoms with Crippen molar-refractivity contribution in [3.63, 3.8) is 0 Å². The molecule has 0 aliphatic heterocycles. The Kier molecular flexibility index (Phi) is 7.50. The van der Waals surface area contributed by atoms with Gasteiger partial charge in [-0.15, -0.1) is 0 Å². The summed E-state index contributed by atoms with van der Waals surface area (Å²) in [6.07, 6.45) is 0. The smallest absolute Gasteiger partial charge is 0.347 e. The van der Waals surface area contributed by atoms with E-state index in [1.165, 1.54) is 5.56 Å². The zero-order valence-corrected chi connectivity index (χ0v) is 20.3. The van der Waals surface area contributed by atoms with Crippen LogP contribution in [0.5, 0.6) is 0 Å². The van der Waals surface area contributed by atoms with Crippen LogP contribution >= 0.6 is 0 Å². The average molecular weight is 490 g/mol. The van der Waals surface area contributed by atoms with Crippen molar-refractivity contribution in [2.45, 2.75) is 26.9 Å². The highest BCUT2D eigenvalue weighted by Crippen LogP contribution is 2.11. The van der Waals surface area contributed by atoms with Crippen LogP contribution < -0.4 is 16.6 Å². The molecule has 0 aliphatic rings. The van der Waals surface area contributed by atoms with Gasteiger partial charge in [0, 0.05) is 26.2 Å². The van der Waals surface area contributed by atoms with Crippen molar-refractivity contribution in [3.8, 4) is 17.2 Å². The van der Waals surface area contributed by atoms with Crippen LogP contribution in [0.2, 0.25) is 0 Å². The molecule has 4 rings (SSSR count). The minimum Gasteiger partial charge on any atom is -0.347 e. The Morgan fingerprint density at radius 3 is 2.50 bits per heavy atom. The van der Waals surface area contributed by atoms with Gasteiger partial charge >= 0.3 is 17.5 Å². The van der Waals surface area contributed by atoms with E-state index in [9.17, 15) is 14.4 Å². The van der Waals surface area contributed by atoms with E-state index < -0.39 is 17.2 Å². The van der Waals surface area contributed by atoms with Crippen LogP contribution in [0.25, 0.3) is 17.2 Å². The number of aryl methyl sites for hydroxylation is 1. The number of benzene rings is 2. The summed E-state index contributed by atoms with van der Waals surface area (Å²) in [6, 6.07) is 17.1. The Bertz CT molecular complexity index is 1460. The number of carbonyl (C=O) groups excluding carboxylic acids is 1. The van der Waals surface area contributed by atoms with Crippen LogP contribution in [0.4, 0.5) is 0 Å². The van der Waals surface area contributed by atoms with Gasteiger partial charge in [-0.1, -0.05) is 53.2 Å². The number of rotatable bonds is 9. The molecule has 0 fully saturated rings. The molecule has 0 saturated heterocycles. The standard InChI is InChI=1S/C25H27N7O4/c1-4-31-24(34)20(28-32(25(31)35)19-12-10-17(2)11-13-19)21-27-23(36-29-21)22(33)26-14-15-30(3)16-18-8-6-5-7-9-18/h5-13H,4,14-16H2,1-3H3,(H,26,33). The molecule has 0 aliphatic carbocycles. The largest absolute Gasteiger partial charge is 0.352 e. The maximum absolute atomic E-state index is 12.9. The summed E-state index contributed by atoms with van der Waals surface area (Å²) >= 11 is 0. The fourth-order valence-electron chi connectivity index (χ4n) is 3.61. The number of hydrogen-bond donors (Lipinski definition) is 1. The molecular formula is C25H27N7O4. The van der Waals surface area contributed by atoms with Crippen LogP contribution in [0.1, 0.15) is 28.7 Å². The van der Waals surface area contributed by atoms with E-state index >= 15 is 0 Å². The molecule has 11 nitrogen and oxygen atoms in total. The van der Waals surface area contributed by atoms with E-state index in [1.54, 1.807) is 19.1 Å². The molecule has 36 heavy (non-hydrogen) atoms. The van der Waals surface area contributed by atoms with Crippen molar-refractivity contribution in [2.75, 3.05) is 20.1 Å². The molecule has 186 valence electrons. The molecule has 0 atom stereocenters. The molecule has 4 aromatic rings. The molecule has 0 saturated carbocycles. The van der Waals surface area contributed by atoms with Crippen molar-refractivity contribution in [1.82, 2.24) is 34.7 Å². The predicted octanol–water partition coefficient (Wildman–Crippen LogP) is 1.63. The Labute approximate surface area is 207 Å². The van der Waals surface area contributed by atoms with Crippen molar-refractivity contribution in [1.29, 1.82) is 0 Å². The maximum Gasteiger partial charge on any atom is 0.352 e. The van der Waals surface area contributed by atoms with E-state index in [1.807, 2.05) is 56.4 Å². The normalized spacial score (nSPS) is 11.1. The first-order valence-corrected chi connectivity index (χ1v) is 11.5. The molecule has 2 aromatic heterocycles. The fourth-order valence-corrected chi connectivity index (χ4v) is 3.61. The zero-order valence-electron chi connectivity index (χ0n) is 20.3. The lowest BCUT2D eigenvalue weighted by molar-refractivity contribution is 0.0905. The van der Waals surface area contributed by atoms with Crippen molar-refractivity contribution in [3.05, 3.63) is 92.5 Å². The third kappa shape index (κ3) is 5.47. The quantitative estimate of drug-likeness (QED) is 0.376. The second-order valence-electron chi connectivity index (χ2n) is 8.33. The predicted molar refractivity (Wildman–Crippen MR) is 133 cm³/mol. The average Bonchev–Trinajstić information content (AvgIpc) is 3.36. The third-order valence-corrected chi connectivity index (χ3v) is 5.56. The zero-order chi connectivity index (χ0) is 25.7. The highest BCUT2D eigenvalue weighted by molar-refractivity contribution is 5.89. The second-order valence-corrected chi connectivity index (χ2v) is 8.33. The van der Waals surface area contributed by atoms with Crippen LogP contribution in [0.15, 0.2) is 68.7 Å². The SMILES string of the molecule is CCn1c(=O)c(-c2noc(C(=O)NCCN(C)Cc3ccccc3)n2)nn(-c2ccc(C)cc2)c1=O. The summed E-state index contributed by atoms with van der Waals surface area (Å²) in [5.41, 5.74) is 1.22. The van der Waals surface area contributed by atoms with Crippen molar-refractivity contribution >= 4 is 5.91 Å². The number of carbonyl (C=O) groups is 1. The van der Waals surface area contributed by atoms with Gasteiger partial charge in [0.1, 0.15) is 0 Å². The molecule has 2 heterocycles. The fraction of sp³-hybridized carbons (Fsp3) is 0.280. The first-order valence-electron chi connectivity index (χ1n) is 11.5. The van der Waals surface area contributed by atoms with Gasteiger partial charge in [0.2, 0.25) is 5.82 Å². The minimum atomic E-state index is -0.666. The van der Waals surface area contributed by atoms with Crippen LogP contribution in [-0.2, 0) is 13.1 Å². The lowest BCUT2D eigenvalue weighted by Crippen LogP contribution is -2.41. The molecule has 1 amide bonds. The van der Waals surface area contributed by atoms with E-state index in [4.69, 9.17) is 4.52 Å². The molecule has 2 aromatic carbocycles. The molecule has 0 spiro atoms. The number of aromatic nitrogens is 5. The second kappa shape index (κ2) is 10.9. The molecule has 0 bridgehead atoms. The van der Waals surface area contributed by atoms with Crippen molar-refractivity contribution < 1.29 is 9.32 Å². The lowest BCUT2D eigenvalue weighted by atomic mass is 10.2. The highest BCUT2D eigenvalue weighted by Gasteiger charge is 2.22. The van der Waals surface area contributed by atoms with E-state index in [-0.39, 0.29) is 24.0 Å². The van der Waals surface area contributed by atoms with Gasteiger partial charge in [-0.25, -0.2) is 4.79 Å². The molecular weight excluding hydrogens is 462 g/mol. The van der Waals surface area contributed by atoms with E-state index in [0.717, 1.165) is 21.4 Å². The Morgan fingerprint density at radius 2 is 1.81 bits per heavy atom. The van der Waals surface area contributed by atoms with Crippen LogP contribution in [-0.4, -0.2) is 55.4 Å². The van der Waals surface area contributed by atoms with Crippen molar-refractivity contribution in [2.24, 2.45) is 0 Å². The monoisotopic (exact) mass is 489 g/mol. The maximum atomic E-state index is 12.9. The summed E-state index contributed by atoms with van der Waals surface area (Å²) in [5, 5.41) is 10.7. The van der Waals surface area contributed by atoms with E-state index in [2.05, 4.69) is 25.5 Å². The van der Waals surface area contributed by atoms with Gasteiger partial charge in [0.25, 0.3) is 5.56 Å². The lowest BCUT2D eigenvalue weighted by Gasteiger charge is -2.16. The molecule has 11 heteroatoms. The third-order valence-electron chi connectivity index (χ3n) is 5.56. The summed E-state index contributed by atoms with van der Waals surface area (Å²) < 4.78 is 7.23. The summed E-state index contributed by atoms with van der Waals surface area (Å²) in [6.45, 7) is 5.43. The molecule has 0 unspecified atom stereocenters. The van der Waals surface area contributed by atoms with Gasteiger partial charge < -0.3 is 14.7 Å². The van der Waals surface area contributed by atoms with Gasteiger partial charge in [-0.3, -0.25) is 14.2 Å². The van der Waals surface area contributed by atoms with Gasteiger partial charge in [-0.2, -0.15) is 14.8 Å². The first kappa shape index (κ1) is 24.7. The Balaban J connectivity index is 1.49. The number of nitrogens with zero attached hydrogens (tertiary/aromatic N) is 6. The highest BCUT2D eigenvalue weighted by atomic mass is 16.5. The van der Waals surface area contributed by atoms with Gasteiger partial charge in [0.15, 0.2) is 5.69 Å². The number of hydrogen-bond acceptors (Lipinski definition) is 8. The summed E-state index contributed by atoms with van der Waals surface area (Å²) in [5.74, 6) is -1.04. The molecule has 1 N–H and O–H groups in total. The van der Waals surface area contributed by atoms with E-state index in [0.29, 0.717) is 18.8 Å².